The Balaban J connectivity index is 1.17. The van der Waals surface area contributed by atoms with Crippen LogP contribution in [0.1, 0.15) is 24.8 Å². The van der Waals surface area contributed by atoms with E-state index >= 15 is 0 Å². The van der Waals surface area contributed by atoms with Gasteiger partial charge >= 0.3 is 0 Å². The Bertz CT molecular complexity index is 1180. The fourth-order valence-corrected chi connectivity index (χ4v) is 5.37. The maximum Gasteiger partial charge on any atom is 0.258 e. The van der Waals surface area contributed by atoms with Crippen LogP contribution in [0.25, 0.3) is 0 Å². The van der Waals surface area contributed by atoms with E-state index in [9.17, 15) is 22.4 Å². The van der Waals surface area contributed by atoms with Crippen LogP contribution in [0.4, 0.5) is 4.39 Å². The van der Waals surface area contributed by atoms with Crippen molar-refractivity contribution in [3.05, 3.63) is 58.9 Å². The minimum atomic E-state index is -3.23. The summed E-state index contributed by atoms with van der Waals surface area (Å²) in [5, 5.41) is 5.84. The molecule has 3 fully saturated rings. The minimum Gasteiger partial charge on any atom is -0.484 e. The average molecular weight is 495 g/mol. The number of benzene rings is 2. The number of rotatable bonds is 9. The summed E-state index contributed by atoms with van der Waals surface area (Å²) in [7, 11) is -3.23. The number of amides is 2. The third kappa shape index (κ3) is 4.99. The maximum atomic E-state index is 13.4. The molecule has 2 bridgehead atoms. The van der Waals surface area contributed by atoms with Crippen molar-refractivity contribution in [3.63, 3.8) is 0 Å². The molecule has 5 rings (SSSR count). The zero-order chi connectivity index (χ0) is 23.9. The van der Waals surface area contributed by atoms with E-state index < -0.39 is 21.1 Å². The largest absolute Gasteiger partial charge is 0.484 e. The number of halogens is 2. The Kier molecular flexibility index (Phi) is 6.13. The van der Waals surface area contributed by atoms with Crippen LogP contribution in [-0.2, 0) is 25.8 Å². The molecule has 7 nitrogen and oxygen atoms in total. The van der Waals surface area contributed by atoms with Crippen LogP contribution < -0.4 is 15.4 Å². The van der Waals surface area contributed by atoms with Crippen LogP contribution in [0.3, 0.4) is 0 Å². The average Bonchev–Trinajstić information content (AvgIpc) is 2.70. The molecule has 0 heterocycles. The molecule has 3 aliphatic carbocycles. The van der Waals surface area contributed by atoms with Gasteiger partial charge < -0.3 is 15.4 Å². The van der Waals surface area contributed by atoms with Gasteiger partial charge in [-0.05, 0) is 55.5 Å². The first-order valence-electron chi connectivity index (χ1n) is 10.5. The van der Waals surface area contributed by atoms with E-state index in [0.29, 0.717) is 32.2 Å². The smallest absolute Gasteiger partial charge is 0.258 e. The van der Waals surface area contributed by atoms with Gasteiger partial charge in [0.25, 0.3) is 5.91 Å². The topological polar surface area (TPSA) is 102 Å². The lowest BCUT2D eigenvalue weighted by Gasteiger charge is -2.69. The molecule has 0 saturated heterocycles. The lowest BCUT2D eigenvalue weighted by molar-refractivity contribution is -0.183. The lowest BCUT2D eigenvalue weighted by Crippen LogP contribution is -2.78. The Morgan fingerprint density at radius 2 is 1.79 bits per heavy atom. The van der Waals surface area contributed by atoms with Gasteiger partial charge in [-0.3, -0.25) is 9.59 Å². The first kappa shape index (κ1) is 23.5. The second-order valence-corrected chi connectivity index (χ2v) is 11.3. The number of hydrogen-bond acceptors (Lipinski definition) is 5. The van der Waals surface area contributed by atoms with Crippen molar-refractivity contribution in [3.8, 4) is 5.75 Å². The highest BCUT2D eigenvalue weighted by atomic mass is 35.5. The summed E-state index contributed by atoms with van der Waals surface area (Å²) in [6.07, 6.45) is 3.49. The van der Waals surface area contributed by atoms with Crippen molar-refractivity contribution in [2.75, 3.05) is 19.4 Å². The van der Waals surface area contributed by atoms with E-state index in [1.807, 2.05) is 0 Å². The van der Waals surface area contributed by atoms with E-state index in [0.717, 1.165) is 17.9 Å². The second-order valence-electron chi connectivity index (χ2n) is 8.93. The second kappa shape index (κ2) is 8.61. The molecule has 0 spiro atoms. The van der Waals surface area contributed by atoms with Crippen molar-refractivity contribution in [1.29, 1.82) is 0 Å². The van der Waals surface area contributed by atoms with Crippen LogP contribution in [0.2, 0.25) is 5.02 Å². The normalized spacial score (nSPS) is 23.1. The van der Waals surface area contributed by atoms with Gasteiger partial charge in [-0.1, -0.05) is 23.7 Å². The number of nitrogens with one attached hydrogen (secondary N) is 2. The maximum absolute atomic E-state index is 13.4. The zero-order valence-corrected chi connectivity index (χ0v) is 19.6. The number of ether oxygens (including phenoxy) is 1. The summed E-state index contributed by atoms with van der Waals surface area (Å²) in [5.74, 6) is -0.754. The number of carbonyl (C=O) groups is 2. The zero-order valence-electron chi connectivity index (χ0n) is 18.0. The molecule has 0 atom stereocenters. The molecule has 3 aliphatic rings. The van der Waals surface area contributed by atoms with Gasteiger partial charge in [-0.15, -0.1) is 0 Å². The van der Waals surface area contributed by atoms with Gasteiger partial charge in [0.2, 0.25) is 5.91 Å². The molecule has 2 aromatic rings. The fourth-order valence-electron chi connectivity index (χ4n) is 4.62. The summed E-state index contributed by atoms with van der Waals surface area (Å²) in [5.41, 5.74) is 0.127. The van der Waals surface area contributed by atoms with Crippen LogP contribution in [-0.4, -0.2) is 45.2 Å². The fraction of sp³-hybridized carbons (Fsp3) is 0.391. The first-order valence-corrected chi connectivity index (χ1v) is 12.7. The van der Waals surface area contributed by atoms with E-state index in [4.69, 9.17) is 16.3 Å². The third-order valence-electron chi connectivity index (χ3n) is 6.23. The molecule has 0 aromatic heterocycles. The van der Waals surface area contributed by atoms with E-state index in [1.54, 1.807) is 24.3 Å². The van der Waals surface area contributed by atoms with Crippen LogP contribution in [0, 0.1) is 11.2 Å². The van der Waals surface area contributed by atoms with E-state index in [1.165, 1.54) is 12.1 Å². The molecule has 176 valence electrons. The molecular weight excluding hydrogens is 471 g/mol. The van der Waals surface area contributed by atoms with Crippen LogP contribution in [0.5, 0.6) is 5.75 Å². The Labute approximate surface area is 196 Å². The Morgan fingerprint density at radius 3 is 2.39 bits per heavy atom. The van der Waals surface area contributed by atoms with Gasteiger partial charge in [0.05, 0.1) is 15.3 Å². The molecule has 10 heteroatoms. The quantitative estimate of drug-likeness (QED) is 0.558. The van der Waals surface area contributed by atoms with Crippen molar-refractivity contribution in [2.45, 2.75) is 36.1 Å². The number of carbonyl (C=O) groups excluding carboxylic acids is 2. The predicted octanol–water partition coefficient (Wildman–Crippen LogP) is 2.66. The van der Waals surface area contributed by atoms with Crippen molar-refractivity contribution >= 4 is 33.3 Å². The van der Waals surface area contributed by atoms with Crippen molar-refractivity contribution in [2.24, 2.45) is 5.41 Å². The van der Waals surface area contributed by atoms with Crippen LogP contribution >= 0.6 is 11.6 Å². The number of hydrogen-bond donors (Lipinski definition) is 2. The SMILES string of the molecule is CS(=O)(=O)c1ccc(CCNC(=O)C23CC(NC(=O)COc4ccc(Cl)c(F)c4)(C2)C3)cc1. The molecule has 2 amide bonds. The molecular formula is C23H24ClFN2O5S. The predicted molar refractivity (Wildman–Crippen MR) is 120 cm³/mol. The summed E-state index contributed by atoms with van der Waals surface area (Å²) in [6, 6.07) is 10.6. The summed E-state index contributed by atoms with van der Waals surface area (Å²) >= 11 is 5.62. The van der Waals surface area contributed by atoms with E-state index in [2.05, 4.69) is 10.6 Å². The highest BCUT2D eigenvalue weighted by Crippen LogP contribution is 2.67. The summed E-state index contributed by atoms with van der Waals surface area (Å²) < 4.78 is 41.8. The van der Waals surface area contributed by atoms with Crippen molar-refractivity contribution in [1.82, 2.24) is 10.6 Å². The van der Waals surface area contributed by atoms with Gasteiger partial charge in [-0.2, -0.15) is 0 Å². The van der Waals surface area contributed by atoms with Gasteiger partial charge in [0.15, 0.2) is 16.4 Å². The Morgan fingerprint density at radius 1 is 1.12 bits per heavy atom. The molecule has 2 N–H and O–H groups in total. The van der Waals surface area contributed by atoms with Gasteiger partial charge in [0, 0.05) is 24.4 Å². The Hall–Kier alpha value is -2.65. The van der Waals surface area contributed by atoms with Gasteiger partial charge in [0.1, 0.15) is 11.6 Å². The lowest BCUT2D eigenvalue weighted by atomic mass is 9.39. The number of sulfone groups is 1. The van der Waals surface area contributed by atoms with Gasteiger partial charge in [-0.25, -0.2) is 12.8 Å². The molecule has 0 unspecified atom stereocenters. The minimum absolute atomic E-state index is 0.0194. The first-order chi connectivity index (χ1) is 15.5. The standard InChI is InChI=1S/C23H24ClFN2O5S/c1-33(30,31)17-5-2-15(3-6-17)8-9-26-21(29)22-12-23(13-22,14-22)27-20(28)11-32-16-4-7-18(24)19(25)10-16/h2-7,10H,8-9,11-14H2,1H3,(H,26,29)(H,27,28). The highest BCUT2D eigenvalue weighted by molar-refractivity contribution is 7.90. The highest BCUT2D eigenvalue weighted by Gasteiger charge is 2.72. The summed E-state index contributed by atoms with van der Waals surface area (Å²) in [6.45, 7) is 0.198. The molecule has 2 aromatic carbocycles. The summed E-state index contributed by atoms with van der Waals surface area (Å²) in [4.78, 5) is 25.0. The molecule has 0 radical (unpaired) electrons. The van der Waals surface area contributed by atoms with E-state index in [-0.39, 0.29) is 39.6 Å². The third-order valence-corrected chi connectivity index (χ3v) is 7.66. The van der Waals surface area contributed by atoms with Crippen LogP contribution in [0.15, 0.2) is 47.4 Å². The van der Waals surface area contributed by atoms with Crippen molar-refractivity contribution < 1.29 is 27.1 Å². The molecule has 0 aliphatic heterocycles. The monoisotopic (exact) mass is 494 g/mol. The molecule has 3 saturated carbocycles. The molecule has 33 heavy (non-hydrogen) atoms.